The van der Waals surface area contributed by atoms with Crippen LogP contribution in [-0.4, -0.2) is 9.97 Å². The number of aromatic nitrogens is 2. The Morgan fingerprint density at radius 1 is 1.17 bits per heavy atom. The van der Waals surface area contributed by atoms with Gasteiger partial charge in [-0.15, -0.1) is 0 Å². The van der Waals surface area contributed by atoms with Crippen LogP contribution < -0.4 is 5.32 Å². The fraction of sp³-hybridized carbons (Fsp3) is 0.333. The molecule has 0 amide bonds. The quantitative estimate of drug-likeness (QED) is 0.872. The van der Waals surface area contributed by atoms with Crippen molar-refractivity contribution in [2.24, 2.45) is 0 Å². The Balaban J connectivity index is 2.06. The van der Waals surface area contributed by atoms with Gasteiger partial charge in [0, 0.05) is 11.9 Å². The lowest BCUT2D eigenvalue weighted by molar-refractivity contribution is 0.913. The molecule has 0 aliphatic carbocycles. The highest BCUT2D eigenvalue weighted by atomic mass is 14.9. The first-order valence-corrected chi connectivity index (χ1v) is 6.40. The predicted molar refractivity (Wildman–Crippen MR) is 74.5 cm³/mol. The summed E-state index contributed by atoms with van der Waals surface area (Å²) in [7, 11) is 0. The Morgan fingerprint density at radius 3 is 2.78 bits per heavy atom. The summed E-state index contributed by atoms with van der Waals surface area (Å²) in [6.45, 7) is 4.85. The van der Waals surface area contributed by atoms with Crippen molar-refractivity contribution in [2.45, 2.75) is 33.2 Å². The molecule has 94 valence electrons. The number of anilines is 1. The van der Waals surface area contributed by atoms with Gasteiger partial charge in [0.25, 0.3) is 0 Å². The average Bonchev–Trinajstić information content (AvgIpc) is 2.38. The van der Waals surface area contributed by atoms with E-state index in [1.807, 2.05) is 13.0 Å². The van der Waals surface area contributed by atoms with Crippen molar-refractivity contribution in [2.75, 3.05) is 5.32 Å². The third-order valence-electron chi connectivity index (χ3n) is 2.83. The lowest BCUT2D eigenvalue weighted by Crippen LogP contribution is -2.05. The zero-order chi connectivity index (χ0) is 12.8. The fourth-order valence-corrected chi connectivity index (χ4v) is 1.97. The molecule has 3 nitrogen and oxygen atoms in total. The summed E-state index contributed by atoms with van der Waals surface area (Å²) < 4.78 is 0. The third kappa shape index (κ3) is 3.29. The summed E-state index contributed by atoms with van der Waals surface area (Å²) in [6, 6.07) is 10.4. The second-order valence-electron chi connectivity index (χ2n) is 4.36. The van der Waals surface area contributed by atoms with Gasteiger partial charge in [-0.3, -0.25) is 0 Å². The first kappa shape index (κ1) is 12.6. The van der Waals surface area contributed by atoms with Crippen molar-refractivity contribution < 1.29 is 0 Å². The molecule has 0 saturated carbocycles. The van der Waals surface area contributed by atoms with Crippen LogP contribution in [0.5, 0.6) is 0 Å². The van der Waals surface area contributed by atoms with Crippen LogP contribution in [0.2, 0.25) is 0 Å². The van der Waals surface area contributed by atoms with Crippen LogP contribution >= 0.6 is 0 Å². The minimum absolute atomic E-state index is 0.740. The molecule has 1 aromatic heterocycles. The van der Waals surface area contributed by atoms with Gasteiger partial charge >= 0.3 is 0 Å². The van der Waals surface area contributed by atoms with Gasteiger partial charge in [0.05, 0.1) is 12.2 Å². The average molecular weight is 241 g/mol. The first-order chi connectivity index (χ1) is 8.79. The molecule has 1 heterocycles. The normalized spacial score (nSPS) is 10.3. The van der Waals surface area contributed by atoms with Crippen molar-refractivity contribution in [3.8, 4) is 0 Å². The molecule has 1 aromatic carbocycles. The van der Waals surface area contributed by atoms with E-state index in [0.717, 1.165) is 30.9 Å². The molecule has 0 bridgehead atoms. The molecule has 0 atom stereocenters. The lowest BCUT2D eigenvalue weighted by Gasteiger charge is -2.11. The van der Waals surface area contributed by atoms with Crippen LogP contribution in [0, 0.1) is 6.92 Å². The summed E-state index contributed by atoms with van der Waals surface area (Å²) in [5, 5.41) is 3.45. The SMILES string of the molecule is CCCc1ccccc1NCc1ccnc(C)n1. The number of hydrogen-bond donors (Lipinski definition) is 1. The van der Waals surface area contributed by atoms with Gasteiger partial charge in [-0.2, -0.15) is 0 Å². The molecular formula is C15H19N3. The van der Waals surface area contributed by atoms with Crippen molar-refractivity contribution in [3.05, 3.63) is 53.6 Å². The van der Waals surface area contributed by atoms with E-state index in [0.29, 0.717) is 0 Å². The topological polar surface area (TPSA) is 37.8 Å². The van der Waals surface area contributed by atoms with Gasteiger partial charge in [-0.25, -0.2) is 9.97 Å². The van der Waals surface area contributed by atoms with Gasteiger partial charge in [0.1, 0.15) is 5.82 Å². The number of aryl methyl sites for hydroxylation is 2. The maximum absolute atomic E-state index is 4.39. The molecule has 0 spiro atoms. The number of hydrogen-bond acceptors (Lipinski definition) is 3. The van der Waals surface area contributed by atoms with Gasteiger partial charge in [-0.05, 0) is 31.0 Å². The van der Waals surface area contributed by atoms with Gasteiger partial charge < -0.3 is 5.32 Å². The smallest absolute Gasteiger partial charge is 0.125 e. The molecule has 0 fully saturated rings. The summed E-state index contributed by atoms with van der Waals surface area (Å²) in [5.74, 6) is 0.816. The molecule has 18 heavy (non-hydrogen) atoms. The van der Waals surface area contributed by atoms with Crippen molar-refractivity contribution >= 4 is 5.69 Å². The Hall–Kier alpha value is -1.90. The molecule has 0 aliphatic heterocycles. The summed E-state index contributed by atoms with van der Waals surface area (Å²) in [6.07, 6.45) is 4.06. The highest BCUT2D eigenvalue weighted by molar-refractivity contribution is 5.51. The molecule has 3 heteroatoms. The van der Waals surface area contributed by atoms with E-state index in [2.05, 4.69) is 46.5 Å². The van der Waals surface area contributed by atoms with Crippen LogP contribution in [0.15, 0.2) is 36.5 Å². The van der Waals surface area contributed by atoms with Crippen molar-refractivity contribution in [3.63, 3.8) is 0 Å². The summed E-state index contributed by atoms with van der Waals surface area (Å²) >= 11 is 0. The van der Waals surface area contributed by atoms with E-state index in [4.69, 9.17) is 0 Å². The van der Waals surface area contributed by atoms with E-state index in [1.54, 1.807) is 6.20 Å². The van der Waals surface area contributed by atoms with Crippen LogP contribution in [-0.2, 0) is 13.0 Å². The highest BCUT2D eigenvalue weighted by Crippen LogP contribution is 2.17. The van der Waals surface area contributed by atoms with Crippen LogP contribution in [0.3, 0.4) is 0 Å². The zero-order valence-electron chi connectivity index (χ0n) is 11.0. The second-order valence-corrected chi connectivity index (χ2v) is 4.36. The van der Waals surface area contributed by atoms with Crippen molar-refractivity contribution in [1.29, 1.82) is 0 Å². The molecule has 1 N–H and O–H groups in total. The van der Waals surface area contributed by atoms with E-state index >= 15 is 0 Å². The third-order valence-corrected chi connectivity index (χ3v) is 2.83. The molecule has 0 aliphatic rings. The number of benzene rings is 1. The molecule has 2 rings (SSSR count). The number of rotatable bonds is 5. The minimum atomic E-state index is 0.740. The molecule has 0 unspecified atom stereocenters. The standard InChI is InChI=1S/C15H19N3/c1-3-6-13-7-4-5-8-15(13)17-11-14-9-10-16-12(2)18-14/h4-5,7-10,17H,3,6,11H2,1-2H3. The van der Waals surface area contributed by atoms with Crippen molar-refractivity contribution in [1.82, 2.24) is 9.97 Å². The molecule has 0 saturated heterocycles. The molecular weight excluding hydrogens is 222 g/mol. The lowest BCUT2D eigenvalue weighted by atomic mass is 10.1. The van der Waals surface area contributed by atoms with Gasteiger partial charge in [0.15, 0.2) is 0 Å². The first-order valence-electron chi connectivity index (χ1n) is 6.40. The van der Waals surface area contributed by atoms with E-state index in [1.165, 1.54) is 11.3 Å². The maximum Gasteiger partial charge on any atom is 0.125 e. The second kappa shape index (κ2) is 6.15. The highest BCUT2D eigenvalue weighted by Gasteiger charge is 2.01. The van der Waals surface area contributed by atoms with E-state index < -0.39 is 0 Å². The van der Waals surface area contributed by atoms with Crippen LogP contribution in [0.25, 0.3) is 0 Å². The van der Waals surface area contributed by atoms with E-state index in [-0.39, 0.29) is 0 Å². The van der Waals surface area contributed by atoms with Gasteiger partial charge in [-0.1, -0.05) is 31.5 Å². The van der Waals surface area contributed by atoms with E-state index in [9.17, 15) is 0 Å². The van der Waals surface area contributed by atoms with Crippen LogP contribution in [0.1, 0.15) is 30.4 Å². The Labute approximate surface area is 108 Å². The number of nitrogens with zero attached hydrogens (tertiary/aromatic N) is 2. The maximum atomic E-state index is 4.39. The minimum Gasteiger partial charge on any atom is -0.379 e. The number of para-hydroxylation sites is 1. The largest absolute Gasteiger partial charge is 0.379 e. The van der Waals surface area contributed by atoms with Crippen LogP contribution in [0.4, 0.5) is 5.69 Å². The Bertz CT molecular complexity index is 509. The predicted octanol–water partition coefficient (Wildman–Crippen LogP) is 3.35. The van der Waals surface area contributed by atoms with Gasteiger partial charge in [0.2, 0.25) is 0 Å². The number of nitrogens with one attached hydrogen (secondary N) is 1. The fourth-order valence-electron chi connectivity index (χ4n) is 1.97. The Kier molecular flexibility index (Phi) is 4.29. The molecule has 0 radical (unpaired) electrons. The monoisotopic (exact) mass is 241 g/mol. The summed E-state index contributed by atoms with van der Waals surface area (Å²) in [5.41, 5.74) is 3.59. The summed E-state index contributed by atoms with van der Waals surface area (Å²) in [4.78, 5) is 8.49. The Morgan fingerprint density at radius 2 is 2.00 bits per heavy atom. The zero-order valence-corrected chi connectivity index (χ0v) is 11.0. The molecule has 2 aromatic rings.